The number of rotatable bonds is 7. The molecule has 0 aliphatic carbocycles. The zero-order chi connectivity index (χ0) is 21.1. The molecule has 1 atom stereocenters. The van der Waals surface area contributed by atoms with Crippen LogP contribution in [0, 0.1) is 0 Å². The summed E-state index contributed by atoms with van der Waals surface area (Å²) in [5.41, 5.74) is 2.65. The molecule has 0 amide bonds. The average Bonchev–Trinajstić information content (AvgIpc) is 3.04. The van der Waals surface area contributed by atoms with Gasteiger partial charge in [-0.3, -0.25) is 4.57 Å². The van der Waals surface area contributed by atoms with Crippen molar-refractivity contribution < 1.29 is 9.90 Å². The largest absolute Gasteiger partial charge is 0.478 e. The van der Waals surface area contributed by atoms with E-state index in [1.54, 1.807) is 27.4 Å². The van der Waals surface area contributed by atoms with Gasteiger partial charge in [0.2, 0.25) is 0 Å². The van der Waals surface area contributed by atoms with Gasteiger partial charge in [-0.2, -0.15) is 5.10 Å². The summed E-state index contributed by atoms with van der Waals surface area (Å²) in [7, 11) is 0. The normalized spacial score (nSPS) is 12.3. The Morgan fingerprint density at radius 2 is 1.72 bits per heavy atom. The molecule has 0 saturated heterocycles. The van der Waals surface area contributed by atoms with E-state index in [0.29, 0.717) is 12.1 Å². The molecule has 1 unspecified atom stereocenters. The van der Waals surface area contributed by atoms with Gasteiger partial charge < -0.3 is 5.11 Å². The van der Waals surface area contributed by atoms with Crippen LogP contribution in [0.25, 0.3) is 11.1 Å². The lowest BCUT2D eigenvalue weighted by atomic mass is 9.99. The van der Waals surface area contributed by atoms with Crippen molar-refractivity contribution in [1.29, 1.82) is 0 Å². The number of benzene rings is 2. The van der Waals surface area contributed by atoms with Crippen LogP contribution in [-0.4, -0.2) is 25.4 Å². The van der Waals surface area contributed by atoms with Crippen LogP contribution >= 0.6 is 0 Å². The molecule has 0 aliphatic heterocycles. The predicted octanol–water partition coefficient (Wildman–Crippen LogP) is 4.55. The van der Waals surface area contributed by atoms with E-state index in [1.807, 2.05) is 58.0 Å². The molecule has 152 valence electrons. The van der Waals surface area contributed by atoms with Crippen molar-refractivity contribution in [2.24, 2.45) is 0 Å². The minimum atomic E-state index is -0.949. The van der Waals surface area contributed by atoms with E-state index in [9.17, 15) is 14.7 Å². The fraction of sp³-hybridized carbons (Fsp3) is 0.348. The highest BCUT2D eigenvalue weighted by atomic mass is 16.4. The first-order valence-electron chi connectivity index (χ1n) is 9.94. The van der Waals surface area contributed by atoms with Crippen molar-refractivity contribution in [3.63, 3.8) is 0 Å². The van der Waals surface area contributed by atoms with Gasteiger partial charge in [0.25, 0.3) is 0 Å². The standard InChI is InChI=1S/C23H27N3O3/c1-5-16(4)26-23(29)25(21(24-26)15(2)3)14-17-10-12-18(13-11-17)19-8-6-7-9-20(19)22(27)28/h6-13,15-16H,5,14H2,1-4H3,(H,27,28). The van der Waals surface area contributed by atoms with Crippen LogP contribution in [0.15, 0.2) is 53.3 Å². The fourth-order valence-electron chi connectivity index (χ4n) is 3.36. The zero-order valence-corrected chi connectivity index (χ0v) is 17.3. The molecule has 3 aromatic rings. The smallest absolute Gasteiger partial charge is 0.346 e. The topological polar surface area (TPSA) is 77.1 Å². The molecule has 1 heterocycles. The highest BCUT2D eigenvalue weighted by Crippen LogP contribution is 2.24. The zero-order valence-electron chi connectivity index (χ0n) is 17.3. The van der Waals surface area contributed by atoms with Gasteiger partial charge in [0.1, 0.15) is 5.82 Å². The number of hydrogen-bond acceptors (Lipinski definition) is 3. The Morgan fingerprint density at radius 3 is 2.31 bits per heavy atom. The lowest BCUT2D eigenvalue weighted by Crippen LogP contribution is -2.27. The van der Waals surface area contributed by atoms with Crippen molar-refractivity contribution in [3.05, 3.63) is 76.0 Å². The van der Waals surface area contributed by atoms with Crippen molar-refractivity contribution in [3.8, 4) is 11.1 Å². The quantitative estimate of drug-likeness (QED) is 0.639. The van der Waals surface area contributed by atoms with Crippen LogP contribution < -0.4 is 5.69 Å². The van der Waals surface area contributed by atoms with Gasteiger partial charge in [-0.25, -0.2) is 14.3 Å². The minimum absolute atomic E-state index is 0.0520. The Hall–Kier alpha value is -3.15. The van der Waals surface area contributed by atoms with E-state index in [1.165, 1.54) is 0 Å². The van der Waals surface area contributed by atoms with Gasteiger partial charge >= 0.3 is 11.7 Å². The van der Waals surface area contributed by atoms with E-state index in [0.717, 1.165) is 23.4 Å². The van der Waals surface area contributed by atoms with Gasteiger partial charge in [-0.15, -0.1) is 0 Å². The first kappa shape index (κ1) is 20.6. The molecule has 2 aromatic carbocycles. The van der Waals surface area contributed by atoms with Gasteiger partial charge in [-0.05, 0) is 36.1 Å². The third-order valence-electron chi connectivity index (χ3n) is 5.20. The summed E-state index contributed by atoms with van der Waals surface area (Å²) in [6.45, 7) is 8.54. The van der Waals surface area contributed by atoms with E-state index in [4.69, 9.17) is 0 Å². The molecular weight excluding hydrogens is 366 g/mol. The van der Waals surface area contributed by atoms with Crippen molar-refractivity contribution >= 4 is 5.97 Å². The molecule has 0 spiro atoms. The number of carboxylic acid groups (broad SMARTS) is 1. The summed E-state index contributed by atoms with van der Waals surface area (Å²) in [6, 6.07) is 14.7. The monoisotopic (exact) mass is 393 g/mol. The van der Waals surface area contributed by atoms with E-state index >= 15 is 0 Å². The predicted molar refractivity (Wildman–Crippen MR) is 114 cm³/mol. The molecule has 0 fully saturated rings. The molecule has 1 N–H and O–H groups in total. The van der Waals surface area contributed by atoms with Crippen LogP contribution in [0.3, 0.4) is 0 Å². The lowest BCUT2D eigenvalue weighted by Gasteiger charge is -2.10. The lowest BCUT2D eigenvalue weighted by molar-refractivity contribution is 0.0697. The Bertz CT molecular complexity index is 1060. The maximum Gasteiger partial charge on any atom is 0.346 e. The Labute approximate surface area is 170 Å². The molecule has 29 heavy (non-hydrogen) atoms. The summed E-state index contributed by atoms with van der Waals surface area (Å²) in [4.78, 5) is 24.4. The number of carbonyl (C=O) groups is 1. The number of hydrogen-bond donors (Lipinski definition) is 1. The first-order chi connectivity index (χ1) is 13.8. The van der Waals surface area contributed by atoms with Crippen molar-refractivity contribution in [2.75, 3.05) is 0 Å². The van der Waals surface area contributed by atoms with Crippen LogP contribution in [-0.2, 0) is 6.54 Å². The van der Waals surface area contributed by atoms with Gasteiger partial charge in [0, 0.05) is 5.92 Å². The molecule has 0 radical (unpaired) electrons. The minimum Gasteiger partial charge on any atom is -0.478 e. The average molecular weight is 393 g/mol. The van der Waals surface area contributed by atoms with E-state index in [2.05, 4.69) is 5.10 Å². The molecule has 3 rings (SSSR count). The first-order valence-corrected chi connectivity index (χ1v) is 9.94. The Morgan fingerprint density at radius 1 is 1.07 bits per heavy atom. The van der Waals surface area contributed by atoms with Gasteiger partial charge in [0.05, 0.1) is 18.2 Å². The van der Waals surface area contributed by atoms with Crippen molar-refractivity contribution in [1.82, 2.24) is 14.3 Å². The highest BCUT2D eigenvalue weighted by Gasteiger charge is 2.19. The SMILES string of the molecule is CCC(C)n1nc(C(C)C)n(Cc2ccc(-c3ccccc3C(=O)O)cc2)c1=O. The second kappa shape index (κ2) is 8.47. The van der Waals surface area contributed by atoms with Gasteiger partial charge in [0.15, 0.2) is 0 Å². The molecular formula is C23H27N3O3. The second-order valence-electron chi connectivity index (χ2n) is 7.63. The van der Waals surface area contributed by atoms with Crippen LogP contribution in [0.4, 0.5) is 0 Å². The Kier molecular flexibility index (Phi) is 6.01. The maximum absolute atomic E-state index is 12.9. The molecule has 0 aliphatic rings. The molecule has 1 aromatic heterocycles. The molecule has 6 nitrogen and oxygen atoms in total. The maximum atomic E-state index is 12.9. The third kappa shape index (κ3) is 4.16. The van der Waals surface area contributed by atoms with E-state index in [-0.39, 0.29) is 23.2 Å². The highest BCUT2D eigenvalue weighted by molar-refractivity contribution is 5.95. The molecule has 0 bridgehead atoms. The third-order valence-corrected chi connectivity index (χ3v) is 5.20. The molecule has 6 heteroatoms. The summed E-state index contributed by atoms with van der Waals surface area (Å²) < 4.78 is 3.31. The summed E-state index contributed by atoms with van der Waals surface area (Å²) in [6.07, 6.45) is 0.839. The fourth-order valence-corrected chi connectivity index (χ4v) is 3.36. The van der Waals surface area contributed by atoms with Crippen LogP contribution in [0.1, 0.15) is 67.8 Å². The Balaban J connectivity index is 1.94. The number of carboxylic acids is 1. The second-order valence-corrected chi connectivity index (χ2v) is 7.63. The summed E-state index contributed by atoms with van der Waals surface area (Å²) >= 11 is 0. The van der Waals surface area contributed by atoms with Gasteiger partial charge in [-0.1, -0.05) is 63.2 Å². The number of nitrogens with zero attached hydrogens (tertiary/aromatic N) is 3. The molecule has 0 saturated carbocycles. The van der Waals surface area contributed by atoms with Crippen LogP contribution in [0.5, 0.6) is 0 Å². The number of aromatic carboxylic acids is 1. The summed E-state index contributed by atoms with van der Waals surface area (Å²) in [5, 5.41) is 14.0. The van der Waals surface area contributed by atoms with E-state index < -0.39 is 5.97 Å². The number of aromatic nitrogens is 3. The van der Waals surface area contributed by atoms with Crippen LogP contribution in [0.2, 0.25) is 0 Å². The summed E-state index contributed by atoms with van der Waals surface area (Å²) in [5.74, 6) is -0.0411. The van der Waals surface area contributed by atoms with Crippen molar-refractivity contribution in [2.45, 2.75) is 52.6 Å².